The normalized spacial score (nSPS) is 12.7. The fourth-order valence-corrected chi connectivity index (χ4v) is 4.77. The highest BCUT2D eigenvalue weighted by atomic mass is 32.2. The molecule has 0 spiro atoms. The first kappa shape index (κ1) is 22.7. The number of rotatable bonds is 8. The number of para-hydroxylation sites is 1. The third-order valence-corrected chi connectivity index (χ3v) is 7.37. The van der Waals surface area contributed by atoms with Crippen LogP contribution in [0.15, 0.2) is 90.0 Å². The number of benzene rings is 3. The van der Waals surface area contributed by atoms with E-state index in [1.165, 1.54) is 38.4 Å². The number of H-pyrrole nitrogens is 1. The first-order chi connectivity index (χ1) is 15.9. The lowest BCUT2D eigenvalue weighted by molar-refractivity contribution is -0.0258. The summed E-state index contributed by atoms with van der Waals surface area (Å²) in [7, 11) is -1.18. The minimum atomic E-state index is -3.77. The average molecular weight is 464 g/mol. The van der Waals surface area contributed by atoms with Gasteiger partial charge in [0.25, 0.3) is 15.9 Å². The van der Waals surface area contributed by atoms with Gasteiger partial charge in [-0.05, 0) is 41.5 Å². The van der Waals surface area contributed by atoms with Crippen LogP contribution < -0.4 is 5.32 Å². The second kappa shape index (κ2) is 9.58. The van der Waals surface area contributed by atoms with E-state index in [4.69, 9.17) is 4.84 Å². The highest BCUT2D eigenvalue weighted by Crippen LogP contribution is 2.30. The molecule has 0 saturated heterocycles. The summed E-state index contributed by atoms with van der Waals surface area (Å²) in [5.41, 5.74) is 3.60. The molecule has 170 valence electrons. The maximum absolute atomic E-state index is 12.9. The maximum Gasteiger partial charge on any atom is 0.264 e. The number of hydrogen-bond acceptors (Lipinski definition) is 4. The minimum Gasteiger partial charge on any atom is -0.361 e. The van der Waals surface area contributed by atoms with Crippen molar-refractivity contribution in [2.75, 3.05) is 20.7 Å². The minimum absolute atomic E-state index is 0.0457. The molecular formula is C25H25N3O4S. The second-order valence-electron chi connectivity index (χ2n) is 7.58. The van der Waals surface area contributed by atoms with E-state index >= 15 is 0 Å². The number of fused-ring (bicyclic) bond motifs is 1. The summed E-state index contributed by atoms with van der Waals surface area (Å²) in [4.78, 5) is 21.0. The van der Waals surface area contributed by atoms with Crippen molar-refractivity contribution >= 4 is 26.8 Å². The van der Waals surface area contributed by atoms with Gasteiger partial charge in [-0.25, -0.2) is 8.42 Å². The fourth-order valence-electron chi connectivity index (χ4n) is 3.80. The predicted molar refractivity (Wildman–Crippen MR) is 127 cm³/mol. The zero-order chi connectivity index (χ0) is 23.4. The molecule has 0 radical (unpaired) electrons. The van der Waals surface area contributed by atoms with Crippen LogP contribution in [-0.4, -0.2) is 44.5 Å². The van der Waals surface area contributed by atoms with Crippen molar-refractivity contribution in [2.24, 2.45) is 0 Å². The molecule has 0 fully saturated rings. The van der Waals surface area contributed by atoms with Crippen molar-refractivity contribution in [3.8, 4) is 0 Å². The van der Waals surface area contributed by atoms with Gasteiger partial charge in [0.15, 0.2) is 0 Å². The van der Waals surface area contributed by atoms with Gasteiger partial charge in [0, 0.05) is 42.2 Å². The molecule has 0 bridgehead atoms. The van der Waals surface area contributed by atoms with Gasteiger partial charge in [-0.15, -0.1) is 0 Å². The summed E-state index contributed by atoms with van der Waals surface area (Å²) in [5, 5.41) is 4.11. The molecule has 8 heteroatoms. The van der Waals surface area contributed by atoms with Crippen LogP contribution in [0.2, 0.25) is 0 Å². The SMILES string of the molecule is CON(C)S(=O)(=O)c1ccc(C(=O)NCC(c2ccccc2)c2c[nH]c3ccccc23)cc1. The zero-order valence-corrected chi connectivity index (χ0v) is 19.2. The van der Waals surface area contributed by atoms with Gasteiger partial charge < -0.3 is 10.3 Å². The van der Waals surface area contributed by atoms with Crippen molar-refractivity contribution in [2.45, 2.75) is 10.8 Å². The summed E-state index contributed by atoms with van der Waals surface area (Å²) in [6.45, 7) is 0.386. The van der Waals surface area contributed by atoms with Gasteiger partial charge >= 0.3 is 0 Å². The van der Waals surface area contributed by atoms with E-state index in [1.54, 1.807) is 0 Å². The molecule has 1 aromatic heterocycles. The Kier molecular flexibility index (Phi) is 6.60. The number of amides is 1. The van der Waals surface area contributed by atoms with Gasteiger partial charge in [-0.1, -0.05) is 53.0 Å². The van der Waals surface area contributed by atoms with Crippen LogP contribution in [0.1, 0.15) is 27.4 Å². The number of carbonyl (C=O) groups excluding carboxylic acids is 1. The molecule has 33 heavy (non-hydrogen) atoms. The van der Waals surface area contributed by atoms with E-state index in [0.717, 1.165) is 26.5 Å². The Morgan fingerprint density at radius 2 is 1.67 bits per heavy atom. The molecule has 4 aromatic rings. The molecule has 1 amide bonds. The summed E-state index contributed by atoms with van der Waals surface area (Å²) in [5.74, 6) is -0.332. The van der Waals surface area contributed by atoms with Crippen LogP contribution in [0.3, 0.4) is 0 Å². The van der Waals surface area contributed by atoms with Crippen molar-refractivity contribution < 1.29 is 18.0 Å². The smallest absolute Gasteiger partial charge is 0.264 e. The first-order valence-corrected chi connectivity index (χ1v) is 11.9. The van der Waals surface area contributed by atoms with E-state index in [2.05, 4.69) is 16.4 Å². The van der Waals surface area contributed by atoms with Crippen LogP contribution in [0.25, 0.3) is 10.9 Å². The summed E-state index contributed by atoms with van der Waals surface area (Å²) in [6.07, 6.45) is 1.99. The molecule has 0 aliphatic heterocycles. The van der Waals surface area contributed by atoms with Crippen LogP contribution in [0, 0.1) is 0 Å². The number of sulfonamides is 1. The summed E-state index contributed by atoms with van der Waals surface area (Å²) in [6, 6.07) is 23.9. The molecule has 0 aliphatic carbocycles. The van der Waals surface area contributed by atoms with Crippen LogP contribution in [-0.2, 0) is 14.9 Å². The van der Waals surface area contributed by atoms with Gasteiger partial charge in [0.05, 0.1) is 12.0 Å². The number of nitrogens with zero attached hydrogens (tertiary/aromatic N) is 1. The Labute approximate surface area is 193 Å². The molecular weight excluding hydrogens is 438 g/mol. The maximum atomic E-state index is 12.9. The van der Waals surface area contributed by atoms with Crippen LogP contribution >= 0.6 is 0 Å². The Morgan fingerprint density at radius 3 is 2.36 bits per heavy atom. The van der Waals surface area contributed by atoms with Gasteiger partial charge in [0.1, 0.15) is 0 Å². The summed E-state index contributed by atoms with van der Waals surface area (Å²) < 4.78 is 25.5. The van der Waals surface area contributed by atoms with Crippen LogP contribution in [0.5, 0.6) is 0 Å². The van der Waals surface area contributed by atoms with Gasteiger partial charge in [-0.3, -0.25) is 9.63 Å². The lowest BCUT2D eigenvalue weighted by atomic mass is 9.91. The highest BCUT2D eigenvalue weighted by Gasteiger charge is 2.22. The van der Waals surface area contributed by atoms with E-state index < -0.39 is 10.0 Å². The number of carbonyl (C=O) groups is 1. The molecule has 1 unspecified atom stereocenters. The molecule has 1 atom stereocenters. The second-order valence-corrected chi connectivity index (χ2v) is 9.52. The molecule has 2 N–H and O–H groups in total. The summed E-state index contributed by atoms with van der Waals surface area (Å²) >= 11 is 0. The van der Waals surface area contributed by atoms with E-state index in [0.29, 0.717) is 12.1 Å². The zero-order valence-electron chi connectivity index (χ0n) is 18.4. The molecule has 4 rings (SSSR count). The highest BCUT2D eigenvalue weighted by molar-refractivity contribution is 7.89. The Morgan fingerprint density at radius 1 is 1.00 bits per heavy atom. The lowest BCUT2D eigenvalue weighted by Crippen LogP contribution is -2.29. The standard InChI is InChI=1S/C25H25N3O4S/c1-28(32-2)33(30,31)20-14-12-19(13-15-20)25(29)27-16-22(18-8-4-3-5-9-18)23-17-26-24-11-7-6-10-21(23)24/h3-15,17,22,26H,16H2,1-2H3,(H,27,29). The third-order valence-electron chi connectivity index (χ3n) is 5.68. The van der Waals surface area contributed by atoms with Crippen molar-refractivity contribution in [1.29, 1.82) is 0 Å². The average Bonchev–Trinajstić information content (AvgIpc) is 3.28. The lowest BCUT2D eigenvalue weighted by Gasteiger charge is -2.18. The molecule has 0 aliphatic rings. The molecule has 0 saturated carbocycles. The Balaban J connectivity index is 1.56. The Bertz CT molecular complexity index is 1350. The van der Waals surface area contributed by atoms with Crippen LogP contribution in [0.4, 0.5) is 0 Å². The molecule has 3 aromatic carbocycles. The number of hydrogen-bond donors (Lipinski definition) is 2. The quantitative estimate of drug-likeness (QED) is 0.388. The van der Waals surface area contributed by atoms with E-state index in [-0.39, 0.29) is 16.7 Å². The number of hydroxylamine groups is 1. The van der Waals surface area contributed by atoms with Crippen molar-refractivity contribution in [3.05, 3.63) is 102 Å². The Hall–Kier alpha value is -3.46. The predicted octanol–water partition coefficient (Wildman–Crippen LogP) is 3.91. The fraction of sp³-hybridized carbons (Fsp3) is 0.160. The molecule has 1 heterocycles. The van der Waals surface area contributed by atoms with Crippen molar-refractivity contribution in [3.63, 3.8) is 0 Å². The molecule has 7 nitrogen and oxygen atoms in total. The van der Waals surface area contributed by atoms with Crippen molar-refractivity contribution in [1.82, 2.24) is 14.8 Å². The van der Waals surface area contributed by atoms with E-state index in [1.807, 2.05) is 54.7 Å². The number of aromatic nitrogens is 1. The first-order valence-electron chi connectivity index (χ1n) is 10.4. The monoisotopic (exact) mass is 463 g/mol. The third kappa shape index (κ3) is 4.68. The number of nitrogens with one attached hydrogen (secondary N) is 2. The van der Waals surface area contributed by atoms with E-state index in [9.17, 15) is 13.2 Å². The topological polar surface area (TPSA) is 91.5 Å². The van der Waals surface area contributed by atoms with Gasteiger partial charge in [-0.2, -0.15) is 0 Å². The largest absolute Gasteiger partial charge is 0.361 e. The number of aromatic amines is 1. The van der Waals surface area contributed by atoms with Gasteiger partial charge in [0.2, 0.25) is 0 Å².